The molecule has 1 fully saturated rings. The Morgan fingerprint density at radius 2 is 1.94 bits per heavy atom. The van der Waals surface area contributed by atoms with Crippen molar-refractivity contribution in [3.8, 4) is 22.9 Å². The van der Waals surface area contributed by atoms with Crippen molar-refractivity contribution in [1.82, 2.24) is 25.1 Å². The molecule has 0 N–H and O–H groups in total. The SMILES string of the molecule is Cc1nc(-c2ccccn2)nc(N2CCCC(c3nc(-c4cccc(F)c4)no3)C2)c1C. The van der Waals surface area contributed by atoms with Gasteiger partial charge in [0.05, 0.1) is 5.92 Å². The van der Waals surface area contributed by atoms with Crippen LogP contribution >= 0.6 is 0 Å². The molecule has 8 heteroatoms. The maximum Gasteiger partial charge on any atom is 0.231 e. The molecule has 4 aromatic rings. The first-order valence-corrected chi connectivity index (χ1v) is 10.7. The zero-order valence-electron chi connectivity index (χ0n) is 18.0. The Kier molecular flexibility index (Phi) is 5.34. The lowest BCUT2D eigenvalue weighted by Gasteiger charge is -2.33. The number of hydrogen-bond acceptors (Lipinski definition) is 7. The van der Waals surface area contributed by atoms with Gasteiger partial charge in [-0.3, -0.25) is 4.98 Å². The van der Waals surface area contributed by atoms with E-state index in [1.54, 1.807) is 18.3 Å². The van der Waals surface area contributed by atoms with Gasteiger partial charge in [-0.1, -0.05) is 23.4 Å². The molecule has 0 radical (unpaired) electrons. The van der Waals surface area contributed by atoms with Gasteiger partial charge in [0.1, 0.15) is 17.3 Å². The number of pyridine rings is 1. The number of anilines is 1. The van der Waals surface area contributed by atoms with Gasteiger partial charge in [-0.2, -0.15) is 4.98 Å². The first-order chi connectivity index (χ1) is 15.6. The summed E-state index contributed by atoms with van der Waals surface area (Å²) in [6.07, 6.45) is 3.66. The van der Waals surface area contributed by atoms with Crippen molar-refractivity contribution in [3.63, 3.8) is 0 Å². The van der Waals surface area contributed by atoms with Crippen molar-refractivity contribution in [3.05, 3.63) is 71.6 Å². The second kappa shape index (κ2) is 8.45. The Bertz CT molecular complexity index is 1240. The molecule has 4 heterocycles. The van der Waals surface area contributed by atoms with E-state index in [1.807, 2.05) is 32.0 Å². The molecular formula is C24H23FN6O. The molecule has 0 aliphatic carbocycles. The predicted octanol–water partition coefficient (Wildman–Crippen LogP) is 4.73. The molecule has 1 atom stereocenters. The van der Waals surface area contributed by atoms with E-state index in [1.165, 1.54) is 12.1 Å². The van der Waals surface area contributed by atoms with Crippen LogP contribution in [0.2, 0.25) is 0 Å². The minimum Gasteiger partial charge on any atom is -0.355 e. The molecule has 1 aromatic carbocycles. The summed E-state index contributed by atoms with van der Waals surface area (Å²) in [5.74, 6) is 2.26. The highest BCUT2D eigenvalue weighted by atomic mass is 19.1. The first-order valence-electron chi connectivity index (χ1n) is 10.7. The molecule has 0 bridgehead atoms. The van der Waals surface area contributed by atoms with Gasteiger partial charge in [-0.25, -0.2) is 14.4 Å². The quantitative estimate of drug-likeness (QED) is 0.463. The fourth-order valence-electron chi connectivity index (χ4n) is 4.05. The number of aromatic nitrogens is 5. The molecule has 5 rings (SSSR count). The maximum absolute atomic E-state index is 13.6. The van der Waals surface area contributed by atoms with E-state index in [2.05, 4.69) is 25.0 Å². The predicted molar refractivity (Wildman–Crippen MR) is 119 cm³/mol. The number of rotatable bonds is 4. The molecule has 32 heavy (non-hydrogen) atoms. The van der Waals surface area contributed by atoms with Crippen LogP contribution < -0.4 is 4.90 Å². The van der Waals surface area contributed by atoms with E-state index >= 15 is 0 Å². The lowest BCUT2D eigenvalue weighted by Crippen LogP contribution is -2.36. The zero-order valence-corrected chi connectivity index (χ0v) is 18.0. The van der Waals surface area contributed by atoms with Gasteiger partial charge in [0, 0.05) is 36.1 Å². The monoisotopic (exact) mass is 430 g/mol. The molecule has 0 amide bonds. The summed E-state index contributed by atoms with van der Waals surface area (Å²) in [4.78, 5) is 20.7. The summed E-state index contributed by atoms with van der Waals surface area (Å²) in [6, 6.07) is 12.0. The Hall–Kier alpha value is -3.68. The number of benzene rings is 1. The number of piperidine rings is 1. The third-order valence-electron chi connectivity index (χ3n) is 5.85. The van der Waals surface area contributed by atoms with E-state index in [0.29, 0.717) is 29.6 Å². The first kappa shape index (κ1) is 20.2. The number of hydrogen-bond donors (Lipinski definition) is 0. The standard InChI is InChI=1S/C24H23FN6O/c1-15-16(2)27-22(20-10-3-4-11-26-20)28-23(15)31-12-6-8-18(14-31)24-29-21(30-32-24)17-7-5-9-19(25)13-17/h3-5,7,9-11,13,18H,6,8,12,14H2,1-2H3. The van der Waals surface area contributed by atoms with Crippen LogP contribution in [0.15, 0.2) is 53.2 Å². The molecule has 0 spiro atoms. The van der Waals surface area contributed by atoms with Crippen LogP contribution in [-0.4, -0.2) is 38.2 Å². The van der Waals surface area contributed by atoms with E-state index in [4.69, 9.17) is 9.51 Å². The molecule has 7 nitrogen and oxygen atoms in total. The van der Waals surface area contributed by atoms with E-state index < -0.39 is 0 Å². The van der Waals surface area contributed by atoms with Crippen LogP contribution in [0.4, 0.5) is 10.2 Å². The summed E-state index contributed by atoms with van der Waals surface area (Å²) >= 11 is 0. The van der Waals surface area contributed by atoms with Gasteiger partial charge in [-0.05, 0) is 51.0 Å². The molecule has 162 valence electrons. The van der Waals surface area contributed by atoms with Crippen molar-refractivity contribution in [2.24, 2.45) is 0 Å². The van der Waals surface area contributed by atoms with Gasteiger partial charge in [0.25, 0.3) is 0 Å². The fraction of sp³-hybridized carbons (Fsp3) is 0.292. The van der Waals surface area contributed by atoms with Crippen molar-refractivity contribution >= 4 is 5.82 Å². The highest BCUT2D eigenvalue weighted by molar-refractivity contribution is 5.58. The lowest BCUT2D eigenvalue weighted by atomic mass is 9.97. The summed E-state index contributed by atoms with van der Waals surface area (Å²) in [5, 5.41) is 4.08. The van der Waals surface area contributed by atoms with Gasteiger partial charge in [0.2, 0.25) is 11.7 Å². The Morgan fingerprint density at radius 3 is 2.75 bits per heavy atom. The van der Waals surface area contributed by atoms with Gasteiger partial charge >= 0.3 is 0 Å². The highest BCUT2D eigenvalue weighted by Crippen LogP contribution is 2.32. The smallest absolute Gasteiger partial charge is 0.231 e. The van der Waals surface area contributed by atoms with Gasteiger partial charge in [-0.15, -0.1) is 0 Å². The number of aryl methyl sites for hydroxylation is 1. The average Bonchev–Trinajstić information content (AvgIpc) is 3.32. The van der Waals surface area contributed by atoms with E-state index in [9.17, 15) is 4.39 Å². The third kappa shape index (κ3) is 3.95. The Labute approximate surface area is 185 Å². The summed E-state index contributed by atoms with van der Waals surface area (Å²) < 4.78 is 19.1. The molecular weight excluding hydrogens is 407 g/mol. The molecule has 1 aliphatic rings. The minimum atomic E-state index is -0.323. The zero-order chi connectivity index (χ0) is 22.1. The highest BCUT2D eigenvalue weighted by Gasteiger charge is 2.28. The Balaban J connectivity index is 1.42. The average molecular weight is 430 g/mol. The second-order valence-electron chi connectivity index (χ2n) is 8.05. The molecule has 0 saturated carbocycles. The maximum atomic E-state index is 13.6. The van der Waals surface area contributed by atoms with Crippen molar-refractivity contribution < 1.29 is 8.91 Å². The Morgan fingerprint density at radius 1 is 1.03 bits per heavy atom. The largest absolute Gasteiger partial charge is 0.355 e. The topological polar surface area (TPSA) is 80.8 Å². The third-order valence-corrected chi connectivity index (χ3v) is 5.85. The summed E-state index contributed by atoms with van der Waals surface area (Å²) in [6.45, 7) is 5.65. The van der Waals surface area contributed by atoms with Crippen molar-refractivity contribution in [2.45, 2.75) is 32.6 Å². The van der Waals surface area contributed by atoms with E-state index in [-0.39, 0.29) is 11.7 Å². The van der Waals surface area contributed by atoms with Gasteiger partial charge < -0.3 is 9.42 Å². The fourth-order valence-corrected chi connectivity index (χ4v) is 4.05. The normalized spacial score (nSPS) is 16.3. The van der Waals surface area contributed by atoms with Crippen LogP contribution in [-0.2, 0) is 0 Å². The molecule has 1 aliphatic heterocycles. The lowest BCUT2D eigenvalue weighted by molar-refractivity contribution is 0.333. The van der Waals surface area contributed by atoms with Crippen molar-refractivity contribution in [2.75, 3.05) is 18.0 Å². The number of halogens is 1. The summed E-state index contributed by atoms with van der Waals surface area (Å²) in [5.41, 5.74) is 3.34. The number of nitrogens with zero attached hydrogens (tertiary/aromatic N) is 6. The van der Waals surface area contributed by atoms with Crippen LogP contribution in [0.25, 0.3) is 22.9 Å². The molecule has 3 aromatic heterocycles. The van der Waals surface area contributed by atoms with Crippen molar-refractivity contribution in [1.29, 1.82) is 0 Å². The molecule has 1 saturated heterocycles. The van der Waals surface area contributed by atoms with Crippen LogP contribution in [0.1, 0.15) is 35.9 Å². The molecule has 1 unspecified atom stereocenters. The van der Waals surface area contributed by atoms with Crippen LogP contribution in [0.5, 0.6) is 0 Å². The van der Waals surface area contributed by atoms with Gasteiger partial charge in [0.15, 0.2) is 5.82 Å². The van der Waals surface area contributed by atoms with Crippen LogP contribution in [0, 0.1) is 19.7 Å². The second-order valence-corrected chi connectivity index (χ2v) is 8.05. The van der Waals surface area contributed by atoms with E-state index in [0.717, 1.165) is 42.2 Å². The van der Waals surface area contributed by atoms with Crippen LogP contribution in [0.3, 0.4) is 0 Å². The summed E-state index contributed by atoms with van der Waals surface area (Å²) in [7, 11) is 0. The minimum absolute atomic E-state index is 0.0755.